The van der Waals surface area contributed by atoms with Gasteiger partial charge in [0.1, 0.15) is 5.52 Å². The Balaban J connectivity index is 1.59. The van der Waals surface area contributed by atoms with Gasteiger partial charge in [-0.15, -0.1) is 5.10 Å². The van der Waals surface area contributed by atoms with Crippen molar-refractivity contribution < 1.29 is 9.90 Å². The third-order valence-corrected chi connectivity index (χ3v) is 5.46. The molecule has 2 aliphatic heterocycles. The zero-order valence-electron chi connectivity index (χ0n) is 13.8. The number of aliphatic hydroxyl groups excluding tert-OH is 1. The van der Waals surface area contributed by atoms with Crippen molar-refractivity contribution in [3.8, 4) is 0 Å². The van der Waals surface area contributed by atoms with Crippen LogP contribution < -0.4 is 5.32 Å². The predicted octanol–water partition coefficient (Wildman–Crippen LogP) is -0.0601. The molecule has 4 rings (SSSR count). The third-order valence-electron chi connectivity index (χ3n) is 5.46. The van der Waals surface area contributed by atoms with E-state index in [0.717, 1.165) is 25.8 Å². The number of likely N-dealkylation sites (tertiary alicyclic amines) is 1. The Morgan fingerprint density at radius 2 is 2.42 bits per heavy atom. The molecule has 2 N–H and O–H groups in total. The molecule has 0 saturated carbocycles. The molecule has 2 atom stereocenters. The van der Waals surface area contributed by atoms with Gasteiger partial charge in [0.15, 0.2) is 5.65 Å². The van der Waals surface area contributed by atoms with E-state index in [1.807, 2.05) is 4.90 Å². The smallest absolute Gasteiger partial charge is 0.255 e. The van der Waals surface area contributed by atoms with Crippen LogP contribution in [0.3, 0.4) is 0 Å². The summed E-state index contributed by atoms with van der Waals surface area (Å²) in [5, 5.41) is 21.4. The first-order valence-corrected chi connectivity index (χ1v) is 8.42. The molecule has 2 saturated heterocycles. The molecule has 0 unspecified atom stereocenters. The van der Waals surface area contributed by atoms with E-state index in [1.165, 1.54) is 0 Å². The maximum Gasteiger partial charge on any atom is 0.255 e. The first-order chi connectivity index (χ1) is 11.6. The number of carbonyl (C=O) groups is 1. The average molecular weight is 330 g/mol. The summed E-state index contributed by atoms with van der Waals surface area (Å²) in [4.78, 5) is 19.1. The molecule has 4 heterocycles. The molecule has 8 nitrogen and oxygen atoms in total. The number of nitrogens with one attached hydrogen (secondary N) is 1. The van der Waals surface area contributed by atoms with Crippen LogP contribution in [0.1, 0.15) is 29.6 Å². The molecule has 2 aromatic rings. The van der Waals surface area contributed by atoms with Crippen LogP contribution in [0.15, 0.2) is 12.3 Å². The summed E-state index contributed by atoms with van der Waals surface area (Å²) in [6, 6.07) is 2.04. The number of pyridine rings is 1. The first kappa shape index (κ1) is 15.5. The van der Waals surface area contributed by atoms with Gasteiger partial charge >= 0.3 is 0 Å². The molecule has 24 heavy (non-hydrogen) atoms. The van der Waals surface area contributed by atoms with Gasteiger partial charge < -0.3 is 15.3 Å². The van der Waals surface area contributed by atoms with Gasteiger partial charge in [0.25, 0.3) is 5.91 Å². The van der Waals surface area contributed by atoms with Crippen LogP contribution in [0.25, 0.3) is 11.2 Å². The predicted molar refractivity (Wildman–Crippen MR) is 87.4 cm³/mol. The number of amides is 1. The molecule has 128 valence electrons. The Morgan fingerprint density at radius 1 is 1.54 bits per heavy atom. The molecule has 2 fully saturated rings. The summed E-state index contributed by atoms with van der Waals surface area (Å²) in [5.74, 6) is -0.0492. The summed E-state index contributed by atoms with van der Waals surface area (Å²) in [7, 11) is 1.77. The molecule has 1 amide bonds. The molecular formula is C16H22N6O2. The van der Waals surface area contributed by atoms with Crippen LogP contribution in [0.4, 0.5) is 0 Å². The lowest BCUT2D eigenvalue weighted by Gasteiger charge is -2.50. The SMILES string of the molecule is Cn1nnc2cc(C(=O)N3CC[C@H]4NCCC[C@]4(CO)C3)cnc21. The molecule has 2 aromatic heterocycles. The van der Waals surface area contributed by atoms with Gasteiger partial charge in [-0.2, -0.15) is 0 Å². The monoisotopic (exact) mass is 330 g/mol. The summed E-state index contributed by atoms with van der Waals surface area (Å²) in [6.45, 7) is 2.37. The number of nitrogens with zero attached hydrogens (tertiary/aromatic N) is 5. The van der Waals surface area contributed by atoms with E-state index in [1.54, 1.807) is 24.0 Å². The van der Waals surface area contributed by atoms with E-state index in [2.05, 4.69) is 20.6 Å². The van der Waals surface area contributed by atoms with Gasteiger partial charge in [-0.3, -0.25) is 4.79 Å². The van der Waals surface area contributed by atoms with E-state index < -0.39 is 0 Å². The highest BCUT2D eigenvalue weighted by Gasteiger charge is 2.45. The summed E-state index contributed by atoms with van der Waals surface area (Å²) in [6.07, 6.45) is 4.44. The van der Waals surface area contributed by atoms with Crippen molar-refractivity contribution in [2.24, 2.45) is 12.5 Å². The van der Waals surface area contributed by atoms with Crippen LogP contribution in [0, 0.1) is 5.41 Å². The average Bonchev–Trinajstić information content (AvgIpc) is 3.01. The number of hydrogen-bond donors (Lipinski definition) is 2. The fraction of sp³-hybridized carbons (Fsp3) is 0.625. The Labute approximate surface area is 139 Å². The highest BCUT2D eigenvalue weighted by Crippen LogP contribution is 2.37. The van der Waals surface area contributed by atoms with E-state index in [4.69, 9.17) is 0 Å². The van der Waals surface area contributed by atoms with Gasteiger partial charge in [-0.1, -0.05) is 5.21 Å². The number of hydrogen-bond acceptors (Lipinski definition) is 6. The lowest BCUT2D eigenvalue weighted by molar-refractivity contribution is -0.0137. The Kier molecular flexibility index (Phi) is 3.73. The van der Waals surface area contributed by atoms with Crippen LogP contribution in [-0.2, 0) is 7.05 Å². The van der Waals surface area contributed by atoms with Crippen molar-refractivity contribution in [3.63, 3.8) is 0 Å². The third kappa shape index (κ3) is 2.37. The van der Waals surface area contributed by atoms with E-state index in [0.29, 0.717) is 35.9 Å². The lowest BCUT2D eigenvalue weighted by atomic mass is 9.70. The first-order valence-electron chi connectivity index (χ1n) is 8.42. The number of rotatable bonds is 2. The van der Waals surface area contributed by atoms with E-state index in [-0.39, 0.29) is 17.9 Å². The largest absolute Gasteiger partial charge is 0.396 e. The normalized spacial score (nSPS) is 27.2. The Hall–Kier alpha value is -2.06. The maximum atomic E-state index is 12.9. The molecule has 0 bridgehead atoms. The zero-order valence-corrected chi connectivity index (χ0v) is 13.8. The second-order valence-electron chi connectivity index (χ2n) is 6.93. The van der Waals surface area contributed by atoms with Crippen molar-refractivity contribution in [1.29, 1.82) is 0 Å². The van der Waals surface area contributed by atoms with Crippen LogP contribution in [0.2, 0.25) is 0 Å². The highest BCUT2D eigenvalue weighted by atomic mass is 16.3. The minimum absolute atomic E-state index is 0.0492. The number of fused-ring (bicyclic) bond motifs is 2. The minimum Gasteiger partial charge on any atom is -0.396 e. The Bertz CT molecular complexity index is 775. The summed E-state index contributed by atoms with van der Waals surface area (Å²) < 4.78 is 1.59. The van der Waals surface area contributed by atoms with E-state index >= 15 is 0 Å². The lowest BCUT2D eigenvalue weighted by Crippen LogP contribution is -2.62. The topological polar surface area (TPSA) is 96.2 Å². The number of piperidine rings is 2. The molecule has 2 aliphatic rings. The van der Waals surface area contributed by atoms with Gasteiger partial charge in [0.2, 0.25) is 0 Å². The number of carbonyl (C=O) groups excluding carboxylic acids is 1. The van der Waals surface area contributed by atoms with E-state index in [9.17, 15) is 9.90 Å². The van der Waals surface area contributed by atoms with Crippen molar-refractivity contribution >= 4 is 17.1 Å². The minimum atomic E-state index is -0.226. The fourth-order valence-electron chi connectivity index (χ4n) is 4.09. The number of aliphatic hydroxyl groups is 1. The van der Waals surface area contributed by atoms with Gasteiger partial charge in [-0.05, 0) is 31.9 Å². The summed E-state index contributed by atoms with van der Waals surface area (Å²) >= 11 is 0. The molecule has 0 radical (unpaired) electrons. The fourth-order valence-corrected chi connectivity index (χ4v) is 4.09. The quantitative estimate of drug-likeness (QED) is 0.801. The molecular weight excluding hydrogens is 308 g/mol. The van der Waals surface area contributed by atoms with Gasteiger partial charge in [0.05, 0.1) is 12.2 Å². The van der Waals surface area contributed by atoms with Crippen LogP contribution in [-0.4, -0.2) is 68.2 Å². The van der Waals surface area contributed by atoms with Crippen LogP contribution >= 0.6 is 0 Å². The maximum absolute atomic E-state index is 12.9. The molecule has 0 aliphatic carbocycles. The Morgan fingerprint density at radius 3 is 3.25 bits per heavy atom. The van der Waals surface area contributed by atoms with Crippen molar-refractivity contribution in [1.82, 2.24) is 30.2 Å². The second kappa shape index (κ2) is 5.78. The molecule has 0 spiro atoms. The van der Waals surface area contributed by atoms with Gasteiger partial charge in [0, 0.05) is 37.8 Å². The highest BCUT2D eigenvalue weighted by molar-refractivity contribution is 5.96. The standard InChI is InChI=1S/C16H22N6O2/c1-21-14-12(19-20-21)7-11(8-18-14)15(24)22-6-3-13-16(9-22,10-23)4-2-5-17-13/h7-8,13,17,23H,2-6,9-10H2,1H3/t13-,16-/m1/s1. The van der Waals surface area contributed by atoms with Crippen molar-refractivity contribution in [2.45, 2.75) is 25.3 Å². The molecule has 0 aromatic carbocycles. The zero-order chi connectivity index (χ0) is 16.7. The second-order valence-corrected chi connectivity index (χ2v) is 6.93. The number of aromatic nitrogens is 4. The van der Waals surface area contributed by atoms with Crippen molar-refractivity contribution in [2.75, 3.05) is 26.2 Å². The van der Waals surface area contributed by atoms with Crippen molar-refractivity contribution in [3.05, 3.63) is 17.8 Å². The molecule has 8 heteroatoms. The summed E-state index contributed by atoms with van der Waals surface area (Å²) in [5.41, 5.74) is 1.58. The van der Waals surface area contributed by atoms with Crippen LogP contribution in [0.5, 0.6) is 0 Å². The number of aryl methyl sites for hydroxylation is 1. The van der Waals surface area contributed by atoms with Gasteiger partial charge in [-0.25, -0.2) is 9.67 Å².